The van der Waals surface area contributed by atoms with E-state index in [1.807, 2.05) is 7.05 Å². The molecule has 1 heterocycles. The van der Waals surface area contributed by atoms with Crippen LogP contribution in [-0.4, -0.2) is 54.7 Å². The monoisotopic (exact) mass is 243 g/mol. The van der Waals surface area contributed by atoms with E-state index in [0.29, 0.717) is 0 Å². The number of likely N-dealkylation sites (tertiary alicyclic amines) is 1. The Hall–Kier alpha value is -1.30. The summed E-state index contributed by atoms with van der Waals surface area (Å²) in [7, 11) is 2.01. The minimum absolute atomic E-state index is 0.122. The summed E-state index contributed by atoms with van der Waals surface area (Å²) >= 11 is 0. The predicted octanol–water partition coefficient (Wildman–Crippen LogP) is 0.101. The Labute approximate surface area is 101 Å². The lowest BCUT2D eigenvalue weighted by molar-refractivity contribution is -0.146. The van der Waals surface area contributed by atoms with Crippen LogP contribution in [0.3, 0.4) is 0 Å². The van der Waals surface area contributed by atoms with Crippen LogP contribution in [0, 0.1) is 5.41 Å². The minimum Gasteiger partial charge on any atom is -0.481 e. The number of likely N-dealkylation sites (N-methyl/N-ethyl adjacent to an activating group) is 1. The van der Waals surface area contributed by atoms with Gasteiger partial charge in [0.05, 0.1) is 5.41 Å². The fourth-order valence-corrected chi connectivity index (χ4v) is 1.67. The van der Waals surface area contributed by atoms with E-state index >= 15 is 0 Å². The van der Waals surface area contributed by atoms with Crippen molar-refractivity contribution in [3.8, 4) is 0 Å². The van der Waals surface area contributed by atoms with Crippen molar-refractivity contribution in [1.82, 2.24) is 15.5 Å². The van der Waals surface area contributed by atoms with Gasteiger partial charge in [0.25, 0.3) is 0 Å². The van der Waals surface area contributed by atoms with E-state index in [4.69, 9.17) is 5.11 Å². The molecule has 0 saturated carbocycles. The Morgan fingerprint density at radius 2 is 2.12 bits per heavy atom. The molecule has 2 amide bonds. The number of carbonyl (C=O) groups excluding carboxylic acids is 1. The largest absolute Gasteiger partial charge is 0.481 e. The number of urea groups is 1. The molecule has 6 nitrogen and oxygen atoms in total. The van der Waals surface area contributed by atoms with Gasteiger partial charge in [0.1, 0.15) is 0 Å². The standard InChI is InChI=1S/C11H21N3O3/c1-11(2,9(15)16)7-12-10(17)13-8-4-5-14(3)6-8/h8H,4-7H2,1-3H3,(H,15,16)(H2,12,13,17). The highest BCUT2D eigenvalue weighted by Gasteiger charge is 2.28. The summed E-state index contributed by atoms with van der Waals surface area (Å²) in [5.74, 6) is -0.918. The van der Waals surface area contributed by atoms with E-state index in [1.54, 1.807) is 13.8 Å². The van der Waals surface area contributed by atoms with Crippen LogP contribution in [0.25, 0.3) is 0 Å². The van der Waals surface area contributed by atoms with E-state index in [2.05, 4.69) is 15.5 Å². The third kappa shape index (κ3) is 4.22. The third-order valence-corrected chi connectivity index (χ3v) is 3.00. The molecule has 1 aliphatic rings. The average Bonchev–Trinajstić information content (AvgIpc) is 2.61. The molecule has 0 spiro atoms. The first-order chi connectivity index (χ1) is 7.81. The molecule has 98 valence electrons. The maximum Gasteiger partial charge on any atom is 0.315 e. The molecule has 0 aromatic rings. The van der Waals surface area contributed by atoms with Gasteiger partial charge in [0.2, 0.25) is 0 Å². The van der Waals surface area contributed by atoms with E-state index in [0.717, 1.165) is 19.5 Å². The molecule has 1 fully saturated rings. The number of rotatable bonds is 4. The second-order valence-corrected chi connectivity index (χ2v) is 5.26. The van der Waals surface area contributed by atoms with Gasteiger partial charge in [0.15, 0.2) is 0 Å². The second-order valence-electron chi connectivity index (χ2n) is 5.26. The zero-order chi connectivity index (χ0) is 13.1. The summed E-state index contributed by atoms with van der Waals surface area (Å²) in [5, 5.41) is 14.3. The number of amides is 2. The molecule has 17 heavy (non-hydrogen) atoms. The van der Waals surface area contributed by atoms with Gasteiger partial charge in [-0.2, -0.15) is 0 Å². The first-order valence-electron chi connectivity index (χ1n) is 5.77. The molecule has 0 aromatic heterocycles. The van der Waals surface area contributed by atoms with Crippen molar-refractivity contribution in [2.45, 2.75) is 26.3 Å². The van der Waals surface area contributed by atoms with Gasteiger partial charge in [-0.15, -0.1) is 0 Å². The van der Waals surface area contributed by atoms with E-state index in [-0.39, 0.29) is 18.6 Å². The van der Waals surface area contributed by atoms with Crippen molar-refractivity contribution >= 4 is 12.0 Å². The quantitative estimate of drug-likeness (QED) is 0.654. The molecular weight excluding hydrogens is 222 g/mol. The first kappa shape index (κ1) is 13.8. The van der Waals surface area contributed by atoms with Crippen molar-refractivity contribution in [3.05, 3.63) is 0 Å². The number of nitrogens with one attached hydrogen (secondary N) is 2. The summed E-state index contributed by atoms with van der Waals surface area (Å²) in [5.41, 5.74) is -0.941. The third-order valence-electron chi connectivity index (χ3n) is 3.00. The molecule has 1 atom stereocenters. The summed E-state index contributed by atoms with van der Waals surface area (Å²) < 4.78 is 0. The summed E-state index contributed by atoms with van der Waals surface area (Å²) in [6, 6.07) is -0.132. The lowest BCUT2D eigenvalue weighted by Gasteiger charge is -2.20. The summed E-state index contributed by atoms with van der Waals surface area (Å²) in [6.45, 7) is 5.11. The van der Waals surface area contributed by atoms with Crippen LogP contribution in [0.15, 0.2) is 0 Å². The Bertz CT molecular complexity index is 304. The second kappa shape index (κ2) is 5.35. The summed E-state index contributed by atoms with van der Waals surface area (Å²) in [4.78, 5) is 24.5. The number of carbonyl (C=O) groups is 2. The molecule has 0 aliphatic carbocycles. The van der Waals surface area contributed by atoms with Gasteiger partial charge in [0, 0.05) is 19.1 Å². The highest BCUT2D eigenvalue weighted by molar-refractivity contribution is 5.77. The number of hydrogen-bond acceptors (Lipinski definition) is 3. The van der Waals surface area contributed by atoms with Gasteiger partial charge in [-0.05, 0) is 33.9 Å². The zero-order valence-electron chi connectivity index (χ0n) is 10.6. The van der Waals surface area contributed by atoms with Crippen LogP contribution in [0.2, 0.25) is 0 Å². The number of hydrogen-bond donors (Lipinski definition) is 3. The predicted molar refractivity (Wildman–Crippen MR) is 63.9 cm³/mol. The number of aliphatic carboxylic acids is 1. The Morgan fingerprint density at radius 1 is 1.47 bits per heavy atom. The molecule has 1 aliphatic heterocycles. The average molecular weight is 243 g/mol. The maximum atomic E-state index is 11.5. The molecule has 0 radical (unpaired) electrons. The molecule has 6 heteroatoms. The molecule has 0 bridgehead atoms. The van der Waals surface area contributed by atoms with Crippen molar-refractivity contribution in [2.24, 2.45) is 5.41 Å². The number of nitrogens with zero attached hydrogens (tertiary/aromatic N) is 1. The highest BCUT2D eigenvalue weighted by atomic mass is 16.4. The lowest BCUT2D eigenvalue weighted by Crippen LogP contribution is -2.47. The van der Waals surface area contributed by atoms with Crippen LogP contribution in [0.4, 0.5) is 4.79 Å². The molecule has 0 aromatic carbocycles. The fourth-order valence-electron chi connectivity index (χ4n) is 1.67. The van der Waals surface area contributed by atoms with Crippen molar-refractivity contribution in [1.29, 1.82) is 0 Å². The fraction of sp³-hybridized carbons (Fsp3) is 0.818. The van der Waals surface area contributed by atoms with Gasteiger partial charge in [-0.3, -0.25) is 4.79 Å². The van der Waals surface area contributed by atoms with E-state index < -0.39 is 11.4 Å². The van der Waals surface area contributed by atoms with Crippen molar-refractivity contribution in [2.75, 3.05) is 26.7 Å². The van der Waals surface area contributed by atoms with Gasteiger partial charge >= 0.3 is 12.0 Å². The summed E-state index contributed by atoms with van der Waals surface area (Å²) in [6.07, 6.45) is 0.937. The number of carboxylic acids is 1. The Morgan fingerprint density at radius 3 is 2.59 bits per heavy atom. The molecule has 1 unspecified atom stereocenters. The van der Waals surface area contributed by atoms with Gasteiger partial charge in [-0.1, -0.05) is 0 Å². The van der Waals surface area contributed by atoms with Crippen LogP contribution in [-0.2, 0) is 4.79 Å². The topological polar surface area (TPSA) is 81.7 Å². The molecular formula is C11H21N3O3. The lowest BCUT2D eigenvalue weighted by atomic mass is 9.94. The van der Waals surface area contributed by atoms with Crippen LogP contribution in [0.5, 0.6) is 0 Å². The maximum absolute atomic E-state index is 11.5. The zero-order valence-corrected chi connectivity index (χ0v) is 10.6. The van der Waals surface area contributed by atoms with Crippen LogP contribution in [0.1, 0.15) is 20.3 Å². The molecule has 1 rings (SSSR count). The normalized spacial score (nSPS) is 21.2. The Kier molecular flexibility index (Phi) is 4.34. The molecule has 1 saturated heterocycles. The van der Waals surface area contributed by atoms with Crippen LogP contribution >= 0.6 is 0 Å². The van der Waals surface area contributed by atoms with Crippen LogP contribution < -0.4 is 10.6 Å². The van der Waals surface area contributed by atoms with Gasteiger partial charge < -0.3 is 20.6 Å². The van der Waals surface area contributed by atoms with E-state index in [9.17, 15) is 9.59 Å². The number of carboxylic acid groups (broad SMARTS) is 1. The minimum atomic E-state index is -0.941. The van der Waals surface area contributed by atoms with Gasteiger partial charge in [-0.25, -0.2) is 4.79 Å². The first-order valence-corrected chi connectivity index (χ1v) is 5.77. The van der Waals surface area contributed by atoms with Crippen molar-refractivity contribution in [3.63, 3.8) is 0 Å². The molecule has 3 N–H and O–H groups in total. The van der Waals surface area contributed by atoms with Crippen molar-refractivity contribution < 1.29 is 14.7 Å². The SMILES string of the molecule is CN1CCC(NC(=O)NCC(C)(C)C(=O)O)C1. The highest BCUT2D eigenvalue weighted by Crippen LogP contribution is 2.13. The van der Waals surface area contributed by atoms with E-state index in [1.165, 1.54) is 0 Å². The Balaban J connectivity index is 2.28. The smallest absolute Gasteiger partial charge is 0.315 e.